The number of halogens is 3. The number of carboxylic acids is 1. The zero-order chi connectivity index (χ0) is 20.5. The summed E-state index contributed by atoms with van der Waals surface area (Å²) in [5.41, 5.74) is -2.81. The molecule has 2 N–H and O–H groups in total. The first-order chi connectivity index (χ1) is 13.2. The number of nitrogens with one attached hydrogen (secondary N) is 1. The van der Waals surface area contributed by atoms with E-state index in [1.807, 2.05) is 12.0 Å². The molecule has 1 aliphatic heterocycles. The average molecular weight is 397 g/mol. The van der Waals surface area contributed by atoms with E-state index in [1.54, 1.807) is 6.07 Å². The molecular formula is C18H18F3N3O4. The molecule has 2 aromatic rings. The van der Waals surface area contributed by atoms with Gasteiger partial charge in [-0.05, 0) is 30.5 Å². The highest BCUT2D eigenvalue weighted by Gasteiger charge is 2.41. The van der Waals surface area contributed by atoms with E-state index >= 15 is 0 Å². The van der Waals surface area contributed by atoms with Crippen LogP contribution in [0.15, 0.2) is 35.3 Å². The Morgan fingerprint density at radius 3 is 2.86 bits per heavy atom. The van der Waals surface area contributed by atoms with Crippen LogP contribution < -0.4 is 15.2 Å². The zero-order valence-electron chi connectivity index (χ0n) is 14.9. The van der Waals surface area contributed by atoms with Gasteiger partial charge in [-0.15, -0.1) is 0 Å². The Labute approximate surface area is 157 Å². The number of ether oxygens (including phenoxy) is 1. The maximum Gasteiger partial charge on any atom is 0.423 e. The lowest BCUT2D eigenvalue weighted by Gasteiger charge is -2.28. The number of carbonyl (C=O) groups is 1. The molecule has 2 heterocycles. The van der Waals surface area contributed by atoms with E-state index in [2.05, 4.69) is 5.10 Å². The lowest BCUT2D eigenvalue weighted by molar-refractivity contribution is -0.138. The maximum atomic E-state index is 13.4. The van der Waals surface area contributed by atoms with Crippen LogP contribution in [-0.4, -0.2) is 40.5 Å². The highest BCUT2D eigenvalue weighted by atomic mass is 19.4. The standard InChI is InChI=1S/C18H18F3N3O4/c1-10-5-12(9-28-13-4-2-3-11(6-13)17(26)27)24(8-10)14-7-22-23-16(25)15(14)18(19,20)21/h2-4,6-7,10,12H,5,8-9H2,1H3,(H,23,25)(H,26,27)/t10-,12+/m1/s1. The Bertz CT molecular complexity index is 929. The largest absolute Gasteiger partial charge is 0.491 e. The van der Waals surface area contributed by atoms with Crippen LogP contribution in [0.1, 0.15) is 29.3 Å². The van der Waals surface area contributed by atoms with Crippen LogP contribution in [-0.2, 0) is 6.18 Å². The van der Waals surface area contributed by atoms with Crippen LogP contribution in [0.2, 0.25) is 0 Å². The van der Waals surface area contributed by atoms with Crippen molar-refractivity contribution in [1.82, 2.24) is 10.2 Å². The molecule has 0 saturated carbocycles. The number of aromatic nitrogens is 2. The summed E-state index contributed by atoms with van der Waals surface area (Å²) in [4.78, 5) is 24.3. The van der Waals surface area contributed by atoms with Gasteiger partial charge in [0.25, 0.3) is 5.56 Å². The molecule has 2 atom stereocenters. The van der Waals surface area contributed by atoms with Crippen LogP contribution in [0, 0.1) is 5.92 Å². The third-order valence-electron chi connectivity index (χ3n) is 4.58. The summed E-state index contributed by atoms with van der Waals surface area (Å²) in [6, 6.07) is 5.44. The monoisotopic (exact) mass is 397 g/mol. The van der Waals surface area contributed by atoms with Crippen LogP contribution in [0.5, 0.6) is 5.75 Å². The molecule has 0 radical (unpaired) electrons. The second-order valence-corrected chi connectivity index (χ2v) is 6.75. The fourth-order valence-corrected chi connectivity index (χ4v) is 3.40. The second-order valence-electron chi connectivity index (χ2n) is 6.75. The molecule has 0 amide bonds. The minimum atomic E-state index is -4.82. The van der Waals surface area contributed by atoms with Crippen molar-refractivity contribution in [2.75, 3.05) is 18.1 Å². The highest BCUT2D eigenvalue weighted by Crippen LogP contribution is 2.37. The molecule has 28 heavy (non-hydrogen) atoms. The zero-order valence-corrected chi connectivity index (χ0v) is 14.9. The van der Waals surface area contributed by atoms with Crippen molar-refractivity contribution in [1.29, 1.82) is 0 Å². The SMILES string of the molecule is C[C@@H]1C[C@@H](COc2cccc(C(=O)O)c2)N(c2cn[nH]c(=O)c2C(F)(F)F)C1. The van der Waals surface area contributed by atoms with Crippen molar-refractivity contribution in [3.05, 3.63) is 51.9 Å². The molecule has 7 nitrogen and oxygen atoms in total. The molecule has 1 aromatic carbocycles. The summed E-state index contributed by atoms with van der Waals surface area (Å²) in [5, 5.41) is 14.4. The molecule has 150 valence electrons. The molecule has 1 saturated heterocycles. The fourth-order valence-electron chi connectivity index (χ4n) is 3.40. The van der Waals surface area contributed by atoms with Crippen molar-refractivity contribution in [3.8, 4) is 5.75 Å². The molecule has 1 fully saturated rings. The number of H-pyrrole nitrogens is 1. The highest BCUT2D eigenvalue weighted by molar-refractivity contribution is 5.88. The van der Waals surface area contributed by atoms with E-state index in [0.717, 1.165) is 6.20 Å². The molecule has 1 aromatic heterocycles. The molecule has 1 aliphatic rings. The van der Waals surface area contributed by atoms with Gasteiger partial charge < -0.3 is 14.7 Å². The van der Waals surface area contributed by atoms with Crippen molar-refractivity contribution in [3.63, 3.8) is 0 Å². The summed E-state index contributed by atoms with van der Waals surface area (Å²) >= 11 is 0. The Hall–Kier alpha value is -3.04. The summed E-state index contributed by atoms with van der Waals surface area (Å²) in [7, 11) is 0. The van der Waals surface area contributed by atoms with E-state index in [0.29, 0.717) is 18.7 Å². The first-order valence-corrected chi connectivity index (χ1v) is 8.54. The van der Waals surface area contributed by atoms with Crippen molar-refractivity contribution in [2.45, 2.75) is 25.6 Å². The Balaban J connectivity index is 1.85. The number of nitrogens with zero attached hydrogens (tertiary/aromatic N) is 2. The van der Waals surface area contributed by atoms with E-state index in [4.69, 9.17) is 9.84 Å². The first kappa shape index (κ1) is 19.7. The van der Waals surface area contributed by atoms with Gasteiger partial charge in [-0.3, -0.25) is 4.79 Å². The van der Waals surface area contributed by atoms with Crippen molar-refractivity contribution >= 4 is 11.7 Å². The number of anilines is 1. The third-order valence-corrected chi connectivity index (χ3v) is 4.58. The third kappa shape index (κ3) is 4.10. The molecule has 10 heteroatoms. The Morgan fingerprint density at radius 2 is 2.18 bits per heavy atom. The van der Waals surface area contributed by atoms with Gasteiger partial charge >= 0.3 is 12.1 Å². The number of hydrogen-bond donors (Lipinski definition) is 2. The van der Waals surface area contributed by atoms with E-state index in [1.165, 1.54) is 23.1 Å². The predicted octanol–water partition coefficient (Wildman–Crippen LogP) is 2.78. The quantitative estimate of drug-likeness (QED) is 0.806. The van der Waals surface area contributed by atoms with Crippen molar-refractivity contribution in [2.24, 2.45) is 5.92 Å². The van der Waals surface area contributed by atoms with Crippen LogP contribution >= 0.6 is 0 Å². The second kappa shape index (κ2) is 7.53. The summed E-state index contributed by atoms with van der Waals surface area (Å²) in [6.45, 7) is 2.25. The minimum absolute atomic E-state index is 0.0392. The van der Waals surface area contributed by atoms with E-state index in [9.17, 15) is 22.8 Å². The smallest absolute Gasteiger partial charge is 0.423 e. The minimum Gasteiger partial charge on any atom is -0.491 e. The van der Waals surface area contributed by atoms with Crippen molar-refractivity contribution < 1.29 is 27.8 Å². The number of rotatable bonds is 5. The number of aromatic carboxylic acids is 1. The molecule has 0 bridgehead atoms. The number of aromatic amines is 1. The number of alkyl halides is 3. The Kier molecular flexibility index (Phi) is 5.30. The maximum absolute atomic E-state index is 13.4. The summed E-state index contributed by atoms with van der Waals surface area (Å²) < 4.78 is 45.8. The molecule has 0 aliphatic carbocycles. The van der Waals surface area contributed by atoms with Gasteiger partial charge in [0.05, 0.1) is 23.5 Å². The van der Waals surface area contributed by atoms with Crippen LogP contribution in [0.4, 0.5) is 18.9 Å². The lowest BCUT2D eigenvalue weighted by Crippen LogP contribution is -2.38. The van der Waals surface area contributed by atoms with Gasteiger partial charge in [0.2, 0.25) is 0 Å². The topological polar surface area (TPSA) is 95.5 Å². The predicted molar refractivity (Wildman–Crippen MR) is 93.7 cm³/mol. The average Bonchev–Trinajstić information content (AvgIpc) is 2.99. The van der Waals surface area contributed by atoms with Crippen LogP contribution in [0.25, 0.3) is 0 Å². The molecule has 3 rings (SSSR count). The van der Waals surface area contributed by atoms with Gasteiger partial charge in [-0.1, -0.05) is 13.0 Å². The number of hydrogen-bond acceptors (Lipinski definition) is 5. The van der Waals surface area contributed by atoms with Gasteiger partial charge in [-0.25, -0.2) is 9.89 Å². The van der Waals surface area contributed by atoms with Gasteiger partial charge in [0.15, 0.2) is 0 Å². The lowest BCUT2D eigenvalue weighted by atomic mass is 10.1. The van der Waals surface area contributed by atoms with Gasteiger partial charge in [0.1, 0.15) is 17.9 Å². The molecule has 0 spiro atoms. The molecule has 0 unspecified atom stereocenters. The van der Waals surface area contributed by atoms with Gasteiger partial charge in [0, 0.05) is 6.54 Å². The Morgan fingerprint density at radius 1 is 1.43 bits per heavy atom. The fraction of sp³-hybridized carbons (Fsp3) is 0.389. The summed E-state index contributed by atoms with van der Waals surface area (Å²) in [6.07, 6.45) is -3.26. The normalized spacial score (nSPS) is 19.6. The van der Waals surface area contributed by atoms with E-state index in [-0.39, 0.29) is 23.8 Å². The summed E-state index contributed by atoms with van der Waals surface area (Å²) in [5.74, 6) is -0.718. The van der Waals surface area contributed by atoms with Crippen LogP contribution in [0.3, 0.4) is 0 Å². The van der Waals surface area contributed by atoms with E-state index < -0.39 is 29.3 Å². The number of carboxylic acid groups (broad SMARTS) is 1. The molecular weight excluding hydrogens is 379 g/mol. The van der Waals surface area contributed by atoms with Gasteiger partial charge in [-0.2, -0.15) is 18.3 Å². The first-order valence-electron chi connectivity index (χ1n) is 8.54. The number of benzene rings is 1.